The van der Waals surface area contributed by atoms with Crippen LogP contribution in [0.4, 0.5) is 0 Å². The van der Waals surface area contributed by atoms with E-state index in [0.717, 1.165) is 0 Å². The predicted molar refractivity (Wildman–Crippen MR) is 37.9 cm³/mol. The number of aliphatic hydroxyl groups is 2. The maximum absolute atomic E-state index is 10.8. The van der Waals surface area contributed by atoms with Crippen molar-refractivity contribution >= 4 is 23.4 Å². The van der Waals surface area contributed by atoms with Gasteiger partial charge < -0.3 is 14.9 Å². The number of carbonyl (C=O) groups excluding carboxylic acids is 2. The monoisotopic (exact) mass is 192 g/mol. The van der Waals surface area contributed by atoms with Crippen molar-refractivity contribution in [2.45, 2.75) is 6.10 Å². The number of aliphatic hydroxyl groups excluding tert-OH is 2. The lowest BCUT2D eigenvalue weighted by molar-refractivity contribution is -0.147. The van der Waals surface area contributed by atoms with Crippen LogP contribution in [0.2, 0.25) is 0 Å². The highest BCUT2D eigenvalue weighted by atomic mass is 35.5. The highest BCUT2D eigenvalue weighted by Gasteiger charge is 2.38. The van der Waals surface area contributed by atoms with Crippen molar-refractivity contribution in [1.82, 2.24) is 0 Å². The Kier molecular flexibility index (Phi) is 2.23. The first kappa shape index (κ1) is 8.86. The van der Waals surface area contributed by atoms with E-state index >= 15 is 0 Å². The zero-order chi connectivity index (χ0) is 9.30. The summed E-state index contributed by atoms with van der Waals surface area (Å²) in [4.78, 5) is 21.3. The lowest BCUT2D eigenvalue weighted by Gasteiger charge is -2.04. The topological polar surface area (TPSA) is 83.8 Å². The second kappa shape index (κ2) is 3.02. The van der Waals surface area contributed by atoms with Gasteiger partial charge in [-0.25, -0.2) is 4.79 Å². The summed E-state index contributed by atoms with van der Waals surface area (Å²) in [7, 11) is 0. The molecule has 66 valence electrons. The van der Waals surface area contributed by atoms with Crippen LogP contribution in [-0.4, -0.2) is 33.9 Å². The second-order valence-electron chi connectivity index (χ2n) is 2.12. The SMILES string of the molecule is O=C1O[C@H](C(=O)CCl)C(O)=C1O. The van der Waals surface area contributed by atoms with Gasteiger partial charge in [0.05, 0.1) is 5.88 Å². The van der Waals surface area contributed by atoms with E-state index in [0.29, 0.717) is 0 Å². The molecule has 0 aromatic rings. The number of carbonyl (C=O) groups is 2. The Morgan fingerprint density at radius 2 is 2.17 bits per heavy atom. The molecule has 1 aliphatic rings. The van der Waals surface area contributed by atoms with Crippen molar-refractivity contribution in [3.63, 3.8) is 0 Å². The summed E-state index contributed by atoms with van der Waals surface area (Å²) in [5, 5.41) is 17.7. The summed E-state index contributed by atoms with van der Waals surface area (Å²) in [6.45, 7) is 0. The molecule has 0 amide bonds. The van der Waals surface area contributed by atoms with Gasteiger partial charge in [0.15, 0.2) is 11.5 Å². The van der Waals surface area contributed by atoms with Gasteiger partial charge in [-0.05, 0) is 0 Å². The quantitative estimate of drug-likeness (QED) is 0.477. The van der Waals surface area contributed by atoms with Crippen LogP contribution in [0.1, 0.15) is 0 Å². The van der Waals surface area contributed by atoms with Gasteiger partial charge in [-0.15, -0.1) is 11.6 Å². The number of hydrogen-bond donors (Lipinski definition) is 2. The molecule has 0 radical (unpaired) electrons. The molecule has 0 aromatic heterocycles. The van der Waals surface area contributed by atoms with E-state index in [1.165, 1.54) is 0 Å². The molecule has 5 nitrogen and oxygen atoms in total. The largest absolute Gasteiger partial charge is 0.505 e. The second-order valence-corrected chi connectivity index (χ2v) is 2.39. The summed E-state index contributed by atoms with van der Waals surface area (Å²) in [6.07, 6.45) is -1.44. The van der Waals surface area contributed by atoms with Gasteiger partial charge in [0.2, 0.25) is 11.9 Å². The average Bonchev–Trinajstić information content (AvgIpc) is 2.32. The van der Waals surface area contributed by atoms with E-state index in [1.807, 2.05) is 0 Å². The Morgan fingerprint density at radius 3 is 2.50 bits per heavy atom. The van der Waals surface area contributed by atoms with Gasteiger partial charge in [-0.3, -0.25) is 4.79 Å². The molecule has 0 aromatic carbocycles. The normalized spacial score (nSPS) is 22.8. The van der Waals surface area contributed by atoms with Crippen molar-refractivity contribution in [2.24, 2.45) is 0 Å². The third-order valence-electron chi connectivity index (χ3n) is 1.33. The number of hydrogen-bond acceptors (Lipinski definition) is 5. The third-order valence-corrected chi connectivity index (χ3v) is 1.60. The molecule has 0 aliphatic carbocycles. The van der Waals surface area contributed by atoms with Crippen LogP contribution in [0.5, 0.6) is 0 Å². The molecule has 2 N–H and O–H groups in total. The van der Waals surface area contributed by atoms with Gasteiger partial charge >= 0.3 is 5.97 Å². The Hall–Kier alpha value is -1.23. The lowest BCUT2D eigenvalue weighted by atomic mass is 10.2. The summed E-state index contributed by atoms with van der Waals surface area (Å²) >= 11 is 5.14. The Bertz CT molecular complexity index is 269. The Balaban J connectivity index is 2.87. The fourth-order valence-electron chi connectivity index (χ4n) is 0.736. The van der Waals surface area contributed by atoms with Crippen molar-refractivity contribution in [1.29, 1.82) is 0 Å². The van der Waals surface area contributed by atoms with Crippen LogP contribution in [0.3, 0.4) is 0 Å². The Morgan fingerprint density at radius 1 is 1.58 bits per heavy atom. The highest BCUT2D eigenvalue weighted by Crippen LogP contribution is 2.19. The van der Waals surface area contributed by atoms with Crippen LogP contribution >= 0.6 is 11.6 Å². The van der Waals surface area contributed by atoms with E-state index in [1.54, 1.807) is 0 Å². The molecule has 0 saturated heterocycles. The van der Waals surface area contributed by atoms with Gasteiger partial charge in [0, 0.05) is 0 Å². The van der Waals surface area contributed by atoms with Gasteiger partial charge in [-0.2, -0.15) is 0 Å². The number of esters is 1. The molecule has 1 atom stereocenters. The van der Waals surface area contributed by atoms with E-state index in [9.17, 15) is 9.59 Å². The summed E-state index contributed by atoms with van der Waals surface area (Å²) in [5.41, 5.74) is 0. The fourth-order valence-corrected chi connectivity index (χ4v) is 0.876. The van der Waals surface area contributed by atoms with Crippen molar-refractivity contribution < 1.29 is 24.5 Å². The molecule has 1 aliphatic heterocycles. The van der Waals surface area contributed by atoms with Crippen molar-refractivity contribution in [3.8, 4) is 0 Å². The summed E-state index contributed by atoms with van der Waals surface area (Å²) < 4.78 is 4.29. The summed E-state index contributed by atoms with van der Waals surface area (Å²) in [5.74, 6) is -3.89. The molecule has 0 bridgehead atoms. The van der Waals surface area contributed by atoms with Crippen LogP contribution < -0.4 is 0 Å². The molecule has 0 saturated carbocycles. The predicted octanol–water partition coefficient (Wildman–Crippen LogP) is 0.0473. The summed E-state index contributed by atoms with van der Waals surface area (Å²) in [6, 6.07) is 0. The Labute approximate surface area is 72.2 Å². The van der Waals surface area contributed by atoms with E-state index in [2.05, 4.69) is 4.74 Å². The number of halogens is 1. The molecule has 6 heteroatoms. The average molecular weight is 193 g/mol. The lowest BCUT2D eigenvalue weighted by Crippen LogP contribution is -2.24. The van der Waals surface area contributed by atoms with Crippen molar-refractivity contribution in [2.75, 3.05) is 5.88 Å². The molecular weight excluding hydrogens is 188 g/mol. The molecular formula is C6H5ClO5. The molecule has 1 heterocycles. The third kappa shape index (κ3) is 1.23. The van der Waals surface area contributed by atoms with Gasteiger partial charge in [-0.1, -0.05) is 0 Å². The molecule has 0 unspecified atom stereocenters. The van der Waals surface area contributed by atoms with E-state index in [4.69, 9.17) is 21.8 Å². The van der Waals surface area contributed by atoms with Crippen LogP contribution in [-0.2, 0) is 14.3 Å². The fraction of sp³-hybridized carbons (Fsp3) is 0.333. The minimum absolute atomic E-state index is 0.394. The van der Waals surface area contributed by atoms with Crippen LogP contribution in [0.25, 0.3) is 0 Å². The first-order chi connectivity index (χ1) is 5.57. The van der Waals surface area contributed by atoms with Crippen LogP contribution in [0.15, 0.2) is 11.5 Å². The molecule has 1 rings (SSSR count). The minimum atomic E-state index is -1.44. The smallest absolute Gasteiger partial charge is 0.378 e. The molecule has 0 fully saturated rings. The first-order valence-corrected chi connectivity index (χ1v) is 3.53. The maximum atomic E-state index is 10.8. The number of ether oxygens (including phenoxy) is 1. The van der Waals surface area contributed by atoms with E-state index in [-0.39, 0.29) is 0 Å². The number of rotatable bonds is 2. The number of cyclic esters (lactones) is 1. The highest BCUT2D eigenvalue weighted by molar-refractivity contribution is 6.28. The number of ketones is 1. The van der Waals surface area contributed by atoms with Crippen LogP contribution in [0, 0.1) is 0 Å². The zero-order valence-corrected chi connectivity index (χ0v) is 6.54. The number of alkyl halides is 1. The van der Waals surface area contributed by atoms with Gasteiger partial charge in [0.25, 0.3) is 0 Å². The first-order valence-electron chi connectivity index (χ1n) is 2.99. The maximum Gasteiger partial charge on any atom is 0.378 e. The van der Waals surface area contributed by atoms with Gasteiger partial charge in [0.1, 0.15) is 0 Å². The number of Topliss-reactive ketones (excluding diaryl/α,β-unsaturated/α-hetero) is 1. The van der Waals surface area contributed by atoms with Crippen molar-refractivity contribution in [3.05, 3.63) is 11.5 Å². The minimum Gasteiger partial charge on any atom is -0.505 e. The molecule has 12 heavy (non-hydrogen) atoms. The zero-order valence-electron chi connectivity index (χ0n) is 5.78. The van der Waals surface area contributed by atoms with E-state index < -0.39 is 35.3 Å². The standard InChI is InChI=1S/C6H5ClO5/c7-1-2(8)5-3(9)4(10)6(11)12-5/h5,9-10H,1H2/t5-/m1/s1. The molecule has 0 spiro atoms.